The molecule has 0 aliphatic carbocycles. The summed E-state index contributed by atoms with van der Waals surface area (Å²) in [7, 11) is 0. The van der Waals surface area contributed by atoms with E-state index in [2.05, 4.69) is 216 Å². The topological polar surface area (TPSA) is 15.7 Å². The number of benzene rings is 9. The molecule has 9 aromatic carbocycles. The Morgan fingerprint density at radius 2 is 0.927 bits per heavy atom. The van der Waals surface area contributed by atoms with Gasteiger partial charge in [-0.25, -0.2) is 0 Å². The summed E-state index contributed by atoms with van der Waals surface area (Å²) >= 11 is 0. The zero-order valence-electron chi connectivity index (χ0n) is 30.3. The molecule has 55 heavy (non-hydrogen) atoms. The molecule has 0 saturated heterocycles. The molecule has 3 heteroatoms. The largest absolute Gasteiger partial charge is 0.493 e. The molecule has 0 radical (unpaired) electrons. The molecule has 0 atom stereocenters. The summed E-state index contributed by atoms with van der Waals surface area (Å²) in [4.78, 5) is 4.66. The van der Waals surface area contributed by atoms with Crippen molar-refractivity contribution in [3.05, 3.63) is 212 Å². The first-order valence-corrected chi connectivity index (χ1v) is 18.9. The van der Waals surface area contributed by atoms with Crippen LogP contribution in [0.3, 0.4) is 0 Å². The van der Waals surface area contributed by atoms with Crippen molar-refractivity contribution in [2.24, 2.45) is 0 Å². The Kier molecular flexibility index (Phi) is 8.31. The summed E-state index contributed by atoms with van der Waals surface area (Å²) in [6.45, 7) is 0.615. The average Bonchev–Trinajstić information content (AvgIpc) is 3.44. The second-order valence-electron chi connectivity index (χ2n) is 14.0. The Balaban J connectivity index is 1.06. The number of anilines is 6. The molecule has 0 saturated carbocycles. The second kappa shape index (κ2) is 14.0. The lowest BCUT2D eigenvalue weighted by molar-refractivity contribution is 0.326. The molecule has 0 aromatic heterocycles. The van der Waals surface area contributed by atoms with Crippen LogP contribution in [-0.2, 0) is 6.42 Å². The summed E-state index contributed by atoms with van der Waals surface area (Å²) in [5.74, 6) is 0.909. The molecule has 0 N–H and O–H groups in total. The molecular weight excluding hydrogens is 669 g/mol. The van der Waals surface area contributed by atoms with E-state index in [4.69, 9.17) is 4.74 Å². The van der Waals surface area contributed by atoms with E-state index in [1.54, 1.807) is 0 Å². The lowest BCUT2D eigenvalue weighted by Crippen LogP contribution is -2.10. The molecule has 1 aliphatic heterocycles. The van der Waals surface area contributed by atoms with E-state index in [1.807, 2.05) is 0 Å². The molecule has 9 aromatic rings. The Bertz CT molecular complexity index is 2700. The van der Waals surface area contributed by atoms with Crippen molar-refractivity contribution in [2.45, 2.75) is 6.42 Å². The molecule has 0 bridgehead atoms. The van der Waals surface area contributed by atoms with Gasteiger partial charge in [0, 0.05) is 51.9 Å². The quantitative estimate of drug-likeness (QED) is 0.153. The highest BCUT2D eigenvalue weighted by Gasteiger charge is 2.21. The van der Waals surface area contributed by atoms with Gasteiger partial charge in [0.25, 0.3) is 0 Å². The van der Waals surface area contributed by atoms with E-state index < -0.39 is 0 Å². The van der Waals surface area contributed by atoms with Crippen LogP contribution in [-0.4, -0.2) is 6.61 Å². The first-order chi connectivity index (χ1) is 27.3. The van der Waals surface area contributed by atoms with Gasteiger partial charge < -0.3 is 14.5 Å². The van der Waals surface area contributed by atoms with E-state index in [9.17, 15) is 0 Å². The van der Waals surface area contributed by atoms with Crippen molar-refractivity contribution in [2.75, 3.05) is 16.4 Å². The van der Waals surface area contributed by atoms with Gasteiger partial charge >= 0.3 is 0 Å². The highest BCUT2D eigenvalue weighted by Crippen LogP contribution is 2.45. The minimum Gasteiger partial charge on any atom is -0.493 e. The molecule has 0 amide bonds. The van der Waals surface area contributed by atoms with Crippen LogP contribution in [0.25, 0.3) is 43.8 Å². The van der Waals surface area contributed by atoms with Gasteiger partial charge in [-0.1, -0.05) is 127 Å². The average molecular weight is 707 g/mol. The number of rotatable bonds is 7. The SMILES string of the molecule is c1ccc(N(c2ccccc2)c2ccc3c(c2)OCCc2cc(-c4ccc5ccc6cccc(N(c7ccccc7)c7ccccc7)c6c5c4)ccc2-3)cc1. The van der Waals surface area contributed by atoms with Gasteiger partial charge in [0.1, 0.15) is 5.75 Å². The number of hydrogen-bond donors (Lipinski definition) is 0. The minimum atomic E-state index is 0.615. The summed E-state index contributed by atoms with van der Waals surface area (Å²) in [5, 5.41) is 4.91. The molecule has 262 valence electrons. The van der Waals surface area contributed by atoms with Crippen LogP contribution >= 0.6 is 0 Å². The zero-order valence-corrected chi connectivity index (χ0v) is 30.3. The third kappa shape index (κ3) is 6.06. The summed E-state index contributed by atoms with van der Waals surface area (Å²) in [6, 6.07) is 74.0. The van der Waals surface area contributed by atoms with Crippen LogP contribution < -0.4 is 14.5 Å². The summed E-state index contributed by atoms with van der Waals surface area (Å²) < 4.78 is 6.52. The van der Waals surface area contributed by atoms with Gasteiger partial charge in [0.05, 0.1) is 12.3 Å². The van der Waals surface area contributed by atoms with Gasteiger partial charge in [-0.3, -0.25) is 0 Å². The number of nitrogens with zero attached hydrogens (tertiary/aromatic N) is 2. The molecule has 0 unspecified atom stereocenters. The van der Waals surface area contributed by atoms with Gasteiger partial charge in [0.2, 0.25) is 0 Å². The Morgan fingerprint density at radius 3 is 1.58 bits per heavy atom. The maximum atomic E-state index is 6.52. The fourth-order valence-electron chi connectivity index (χ4n) is 8.14. The van der Waals surface area contributed by atoms with Gasteiger partial charge in [-0.15, -0.1) is 0 Å². The van der Waals surface area contributed by atoms with Crippen molar-refractivity contribution in [1.82, 2.24) is 0 Å². The monoisotopic (exact) mass is 706 g/mol. The van der Waals surface area contributed by atoms with Crippen LogP contribution in [0, 0.1) is 0 Å². The predicted molar refractivity (Wildman–Crippen MR) is 231 cm³/mol. The molecule has 10 rings (SSSR count). The lowest BCUT2D eigenvalue weighted by atomic mass is 9.91. The lowest BCUT2D eigenvalue weighted by Gasteiger charge is -2.27. The molecule has 0 fully saturated rings. The Morgan fingerprint density at radius 1 is 0.382 bits per heavy atom. The Hall–Kier alpha value is -7.10. The molecule has 1 aliphatic rings. The molecule has 1 heterocycles. The highest BCUT2D eigenvalue weighted by atomic mass is 16.5. The number of ether oxygens (including phenoxy) is 1. The summed E-state index contributed by atoms with van der Waals surface area (Å²) in [5.41, 5.74) is 12.7. The van der Waals surface area contributed by atoms with E-state index in [1.165, 1.54) is 43.8 Å². The summed E-state index contributed by atoms with van der Waals surface area (Å²) in [6.07, 6.45) is 0.831. The van der Waals surface area contributed by atoms with Crippen molar-refractivity contribution in [3.8, 4) is 28.0 Å². The van der Waals surface area contributed by atoms with Crippen molar-refractivity contribution >= 4 is 55.7 Å². The van der Waals surface area contributed by atoms with Crippen LogP contribution in [0.1, 0.15) is 5.56 Å². The second-order valence-corrected chi connectivity index (χ2v) is 14.0. The van der Waals surface area contributed by atoms with Crippen molar-refractivity contribution in [1.29, 1.82) is 0 Å². The van der Waals surface area contributed by atoms with Crippen LogP contribution in [0.2, 0.25) is 0 Å². The van der Waals surface area contributed by atoms with Crippen molar-refractivity contribution in [3.63, 3.8) is 0 Å². The molecule has 3 nitrogen and oxygen atoms in total. The predicted octanol–water partition coefficient (Wildman–Crippen LogP) is 14.2. The van der Waals surface area contributed by atoms with Crippen LogP contribution in [0.5, 0.6) is 5.75 Å². The third-order valence-corrected chi connectivity index (χ3v) is 10.7. The first-order valence-electron chi connectivity index (χ1n) is 18.9. The number of fused-ring (bicyclic) bond motifs is 6. The standard InChI is InChI=1S/C52H38N2O/c1-5-15-42(16-6-1)53(43-17-7-2-8-18-43)46-29-31-48-47-30-28-39(34-41(47)32-33-55-51(48)36-46)40-27-25-37-24-26-38-14-13-23-50(52(38)49(37)35-40)54(44-19-9-3-10-20-44)45-21-11-4-12-22-45/h1-31,34-36H,32-33H2. The number of hydrogen-bond acceptors (Lipinski definition) is 3. The smallest absolute Gasteiger partial charge is 0.129 e. The number of para-hydroxylation sites is 4. The van der Waals surface area contributed by atoms with Crippen LogP contribution in [0.15, 0.2) is 206 Å². The van der Waals surface area contributed by atoms with E-state index in [-0.39, 0.29) is 0 Å². The van der Waals surface area contributed by atoms with E-state index >= 15 is 0 Å². The maximum absolute atomic E-state index is 6.52. The van der Waals surface area contributed by atoms with E-state index in [0.717, 1.165) is 51.9 Å². The molecular formula is C52H38N2O. The van der Waals surface area contributed by atoms with E-state index in [0.29, 0.717) is 6.61 Å². The normalized spacial score (nSPS) is 12.0. The Labute approximate surface area is 321 Å². The minimum absolute atomic E-state index is 0.615. The molecule has 0 spiro atoms. The van der Waals surface area contributed by atoms with Gasteiger partial charge in [0.15, 0.2) is 0 Å². The maximum Gasteiger partial charge on any atom is 0.129 e. The van der Waals surface area contributed by atoms with Gasteiger partial charge in [-0.2, -0.15) is 0 Å². The third-order valence-electron chi connectivity index (χ3n) is 10.7. The van der Waals surface area contributed by atoms with Crippen molar-refractivity contribution < 1.29 is 4.74 Å². The fraction of sp³-hybridized carbons (Fsp3) is 0.0385. The zero-order chi connectivity index (χ0) is 36.6. The first kappa shape index (κ1) is 32.5. The fourth-order valence-corrected chi connectivity index (χ4v) is 8.14. The van der Waals surface area contributed by atoms with Crippen LogP contribution in [0.4, 0.5) is 34.1 Å². The van der Waals surface area contributed by atoms with Gasteiger partial charge in [-0.05, 0) is 111 Å². The highest BCUT2D eigenvalue weighted by molar-refractivity contribution is 6.16.